The molecule has 0 atom stereocenters. The summed E-state index contributed by atoms with van der Waals surface area (Å²) in [7, 11) is 3.34. The molecule has 0 fully saturated rings. The molecular formula is C19H23NO2. The molecule has 3 nitrogen and oxygen atoms in total. The Bertz CT molecular complexity index is 614. The lowest BCUT2D eigenvalue weighted by Crippen LogP contribution is -2.31. The first kappa shape index (κ1) is 14.9. The number of methoxy groups -OCH3 is 2. The molecule has 1 N–H and O–H groups in total. The van der Waals surface area contributed by atoms with Crippen molar-refractivity contribution in [2.24, 2.45) is 0 Å². The van der Waals surface area contributed by atoms with Crippen LogP contribution < -0.4 is 14.8 Å². The summed E-state index contributed by atoms with van der Waals surface area (Å²) < 4.78 is 10.6. The molecule has 1 aliphatic rings. The average molecular weight is 297 g/mol. The molecule has 0 heterocycles. The quantitative estimate of drug-likeness (QED) is 0.889. The SMILES string of the molecule is COc1ccc(CCNC2Cc3ccccc3C2)cc1OC. The van der Waals surface area contributed by atoms with Crippen molar-refractivity contribution in [3.8, 4) is 11.5 Å². The topological polar surface area (TPSA) is 30.5 Å². The molecule has 0 radical (unpaired) electrons. The van der Waals surface area contributed by atoms with Gasteiger partial charge in [0.15, 0.2) is 11.5 Å². The molecule has 3 heteroatoms. The van der Waals surface area contributed by atoms with E-state index in [1.54, 1.807) is 14.2 Å². The van der Waals surface area contributed by atoms with Crippen LogP contribution in [0.2, 0.25) is 0 Å². The largest absolute Gasteiger partial charge is 0.493 e. The third-order valence-corrected chi connectivity index (χ3v) is 4.35. The molecule has 116 valence electrons. The van der Waals surface area contributed by atoms with Gasteiger partial charge >= 0.3 is 0 Å². The second-order valence-corrected chi connectivity index (χ2v) is 5.77. The van der Waals surface area contributed by atoms with Crippen molar-refractivity contribution in [1.82, 2.24) is 5.32 Å². The Morgan fingerprint density at radius 3 is 2.27 bits per heavy atom. The Balaban J connectivity index is 1.52. The normalized spacial score (nSPS) is 13.9. The van der Waals surface area contributed by atoms with E-state index < -0.39 is 0 Å². The molecule has 1 aliphatic carbocycles. The van der Waals surface area contributed by atoms with E-state index in [9.17, 15) is 0 Å². The number of fused-ring (bicyclic) bond motifs is 1. The molecule has 2 aromatic rings. The van der Waals surface area contributed by atoms with Crippen molar-refractivity contribution in [3.05, 3.63) is 59.2 Å². The first-order valence-corrected chi connectivity index (χ1v) is 7.81. The Labute approximate surface area is 132 Å². The lowest BCUT2D eigenvalue weighted by atomic mass is 10.1. The van der Waals surface area contributed by atoms with Crippen LogP contribution in [0, 0.1) is 0 Å². The van der Waals surface area contributed by atoms with Crippen molar-refractivity contribution in [3.63, 3.8) is 0 Å². The van der Waals surface area contributed by atoms with Crippen LogP contribution >= 0.6 is 0 Å². The zero-order valence-electron chi connectivity index (χ0n) is 13.3. The van der Waals surface area contributed by atoms with Gasteiger partial charge in [0.1, 0.15) is 0 Å². The predicted molar refractivity (Wildman–Crippen MR) is 88.9 cm³/mol. The van der Waals surface area contributed by atoms with Crippen LogP contribution in [0.3, 0.4) is 0 Å². The number of hydrogen-bond acceptors (Lipinski definition) is 3. The van der Waals surface area contributed by atoms with Gasteiger partial charge in [0, 0.05) is 6.04 Å². The van der Waals surface area contributed by atoms with E-state index in [1.165, 1.54) is 16.7 Å². The zero-order valence-corrected chi connectivity index (χ0v) is 13.3. The van der Waals surface area contributed by atoms with Gasteiger partial charge in [0.25, 0.3) is 0 Å². The molecule has 0 bridgehead atoms. The smallest absolute Gasteiger partial charge is 0.160 e. The van der Waals surface area contributed by atoms with Crippen LogP contribution in [0.15, 0.2) is 42.5 Å². The number of ether oxygens (including phenoxy) is 2. The number of nitrogens with one attached hydrogen (secondary N) is 1. The van der Waals surface area contributed by atoms with Crippen LogP contribution in [0.1, 0.15) is 16.7 Å². The third kappa shape index (κ3) is 3.25. The lowest BCUT2D eigenvalue weighted by molar-refractivity contribution is 0.354. The van der Waals surface area contributed by atoms with Gasteiger partial charge in [-0.25, -0.2) is 0 Å². The Hall–Kier alpha value is -2.00. The Kier molecular flexibility index (Phi) is 4.64. The standard InChI is InChI=1S/C19H23NO2/c1-21-18-8-7-14(11-19(18)22-2)9-10-20-17-12-15-5-3-4-6-16(15)13-17/h3-8,11,17,20H,9-10,12-13H2,1-2H3. The second kappa shape index (κ2) is 6.84. The first-order valence-electron chi connectivity index (χ1n) is 7.81. The summed E-state index contributed by atoms with van der Waals surface area (Å²) in [5, 5.41) is 3.67. The summed E-state index contributed by atoms with van der Waals surface area (Å²) in [6.45, 7) is 0.980. The van der Waals surface area contributed by atoms with E-state index in [4.69, 9.17) is 9.47 Å². The van der Waals surface area contributed by atoms with Crippen LogP contribution in [-0.4, -0.2) is 26.8 Å². The van der Waals surface area contributed by atoms with E-state index in [-0.39, 0.29) is 0 Å². The molecule has 0 spiro atoms. The summed E-state index contributed by atoms with van der Waals surface area (Å²) in [5.41, 5.74) is 4.25. The highest BCUT2D eigenvalue weighted by molar-refractivity contribution is 5.43. The van der Waals surface area contributed by atoms with E-state index in [0.717, 1.165) is 37.3 Å². The fourth-order valence-corrected chi connectivity index (χ4v) is 3.16. The van der Waals surface area contributed by atoms with E-state index in [1.807, 2.05) is 6.07 Å². The minimum absolute atomic E-state index is 0.567. The van der Waals surface area contributed by atoms with Crippen LogP contribution in [0.25, 0.3) is 0 Å². The van der Waals surface area contributed by atoms with Crippen molar-refractivity contribution in [1.29, 1.82) is 0 Å². The highest BCUT2D eigenvalue weighted by Gasteiger charge is 2.19. The van der Waals surface area contributed by atoms with Gasteiger partial charge in [-0.1, -0.05) is 30.3 Å². The molecule has 0 saturated carbocycles. The fourth-order valence-electron chi connectivity index (χ4n) is 3.16. The maximum absolute atomic E-state index is 5.35. The molecule has 0 aromatic heterocycles. The van der Waals surface area contributed by atoms with Crippen molar-refractivity contribution in [2.75, 3.05) is 20.8 Å². The van der Waals surface area contributed by atoms with Gasteiger partial charge in [-0.15, -0.1) is 0 Å². The molecule has 2 aromatic carbocycles. The number of benzene rings is 2. The summed E-state index contributed by atoms with van der Waals surface area (Å²) in [5.74, 6) is 1.58. The number of hydrogen-bond donors (Lipinski definition) is 1. The minimum Gasteiger partial charge on any atom is -0.493 e. The van der Waals surface area contributed by atoms with Crippen molar-refractivity contribution >= 4 is 0 Å². The Morgan fingerprint density at radius 2 is 1.64 bits per heavy atom. The van der Waals surface area contributed by atoms with Crippen molar-refractivity contribution in [2.45, 2.75) is 25.3 Å². The molecule has 22 heavy (non-hydrogen) atoms. The van der Waals surface area contributed by atoms with Gasteiger partial charge in [0.2, 0.25) is 0 Å². The van der Waals surface area contributed by atoms with Gasteiger partial charge in [-0.05, 0) is 54.6 Å². The minimum atomic E-state index is 0.567. The molecule has 0 amide bonds. The average Bonchev–Trinajstić information content (AvgIpc) is 2.97. The lowest BCUT2D eigenvalue weighted by Gasteiger charge is -2.13. The first-order chi connectivity index (χ1) is 10.8. The zero-order chi connectivity index (χ0) is 15.4. The summed E-state index contributed by atoms with van der Waals surface area (Å²) >= 11 is 0. The monoisotopic (exact) mass is 297 g/mol. The third-order valence-electron chi connectivity index (χ3n) is 4.35. The molecule has 0 aliphatic heterocycles. The van der Waals surface area contributed by atoms with Crippen LogP contribution in [-0.2, 0) is 19.3 Å². The van der Waals surface area contributed by atoms with Gasteiger partial charge in [-0.2, -0.15) is 0 Å². The van der Waals surface area contributed by atoms with Crippen molar-refractivity contribution < 1.29 is 9.47 Å². The molecule has 0 saturated heterocycles. The Morgan fingerprint density at radius 1 is 0.955 bits per heavy atom. The van der Waals surface area contributed by atoms with Crippen LogP contribution in [0.4, 0.5) is 0 Å². The fraction of sp³-hybridized carbons (Fsp3) is 0.368. The highest BCUT2D eigenvalue weighted by Crippen LogP contribution is 2.27. The molecule has 3 rings (SSSR count). The second-order valence-electron chi connectivity index (χ2n) is 5.77. The maximum Gasteiger partial charge on any atom is 0.160 e. The summed E-state index contributed by atoms with van der Waals surface area (Å²) in [6, 6.07) is 15.4. The van der Waals surface area contributed by atoms with E-state index in [0.29, 0.717) is 6.04 Å². The van der Waals surface area contributed by atoms with Crippen LogP contribution in [0.5, 0.6) is 11.5 Å². The maximum atomic E-state index is 5.35. The number of rotatable bonds is 6. The highest BCUT2D eigenvalue weighted by atomic mass is 16.5. The summed E-state index contributed by atoms with van der Waals surface area (Å²) in [4.78, 5) is 0. The van der Waals surface area contributed by atoms with E-state index in [2.05, 4.69) is 41.7 Å². The molecular weight excluding hydrogens is 274 g/mol. The molecule has 0 unspecified atom stereocenters. The van der Waals surface area contributed by atoms with Gasteiger partial charge in [0.05, 0.1) is 14.2 Å². The van der Waals surface area contributed by atoms with Gasteiger partial charge < -0.3 is 14.8 Å². The van der Waals surface area contributed by atoms with Gasteiger partial charge in [-0.3, -0.25) is 0 Å². The predicted octanol–water partition coefficient (Wildman–Crippen LogP) is 3.00. The summed E-state index contributed by atoms with van der Waals surface area (Å²) in [6.07, 6.45) is 3.28. The van der Waals surface area contributed by atoms with E-state index >= 15 is 0 Å².